The number of nitrogens with zero attached hydrogens (tertiary/aromatic N) is 4. The highest BCUT2D eigenvalue weighted by atomic mass is 16.5. The Morgan fingerprint density at radius 3 is 2.69 bits per heavy atom. The van der Waals surface area contributed by atoms with Gasteiger partial charge in [-0.05, 0) is 18.6 Å². The first-order valence-electron chi connectivity index (χ1n) is 9.10. The number of hydrogen-bond donors (Lipinski definition) is 1. The zero-order chi connectivity index (χ0) is 18.0. The maximum atomic E-state index is 5.72. The van der Waals surface area contributed by atoms with Crippen LogP contribution in [-0.2, 0) is 6.54 Å². The van der Waals surface area contributed by atoms with Gasteiger partial charge in [0.1, 0.15) is 12.0 Å². The first-order valence-corrected chi connectivity index (χ1v) is 9.10. The molecule has 1 N–H and O–H groups in total. The molecule has 1 aliphatic rings. The van der Waals surface area contributed by atoms with E-state index in [1.165, 1.54) is 0 Å². The maximum absolute atomic E-state index is 5.72. The smallest absolute Gasteiger partial charge is 0.193 e. The van der Waals surface area contributed by atoms with Crippen LogP contribution < -0.4 is 10.1 Å². The summed E-state index contributed by atoms with van der Waals surface area (Å²) in [6.07, 6.45) is 2.55. The topological polar surface area (TPSA) is 66.1 Å². The van der Waals surface area contributed by atoms with Gasteiger partial charge in [-0.2, -0.15) is 0 Å². The van der Waals surface area contributed by atoms with E-state index in [9.17, 15) is 0 Å². The third-order valence-corrected chi connectivity index (χ3v) is 4.38. The van der Waals surface area contributed by atoms with Crippen LogP contribution in [0.3, 0.4) is 0 Å². The van der Waals surface area contributed by atoms with Crippen molar-refractivity contribution in [1.29, 1.82) is 0 Å². The average Bonchev–Trinajstić information content (AvgIpc) is 3.19. The zero-order valence-electron chi connectivity index (χ0n) is 15.3. The molecule has 1 saturated heterocycles. The Kier molecular flexibility index (Phi) is 6.89. The molecule has 26 heavy (non-hydrogen) atoms. The molecule has 140 valence electrons. The molecule has 1 aliphatic heterocycles. The summed E-state index contributed by atoms with van der Waals surface area (Å²) in [4.78, 5) is 9.10. The Balaban J connectivity index is 1.33. The molecular weight excluding hydrogens is 330 g/mol. The molecule has 7 nitrogen and oxygen atoms in total. The SMILES string of the molecule is CN=C(NCCCOc1ccccc1)N1CCN(Cc2ccon2)CC1. The number of para-hydroxylation sites is 1. The van der Waals surface area contributed by atoms with Crippen LogP contribution in [-0.4, -0.2) is 67.3 Å². The molecule has 0 aliphatic carbocycles. The molecule has 1 aromatic carbocycles. The lowest BCUT2D eigenvalue weighted by molar-refractivity contribution is 0.169. The van der Waals surface area contributed by atoms with Crippen molar-refractivity contribution in [2.24, 2.45) is 4.99 Å². The van der Waals surface area contributed by atoms with E-state index < -0.39 is 0 Å². The Morgan fingerprint density at radius 2 is 2.00 bits per heavy atom. The Bertz CT molecular complexity index is 652. The van der Waals surface area contributed by atoms with E-state index in [2.05, 4.69) is 25.3 Å². The lowest BCUT2D eigenvalue weighted by atomic mass is 10.3. The number of piperazine rings is 1. The van der Waals surface area contributed by atoms with Crippen LogP contribution >= 0.6 is 0 Å². The summed E-state index contributed by atoms with van der Waals surface area (Å²) in [6, 6.07) is 11.8. The van der Waals surface area contributed by atoms with Crippen LogP contribution in [0.5, 0.6) is 5.75 Å². The fourth-order valence-corrected chi connectivity index (χ4v) is 2.98. The summed E-state index contributed by atoms with van der Waals surface area (Å²) in [6.45, 7) is 6.27. The Morgan fingerprint density at radius 1 is 1.19 bits per heavy atom. The van der Waals surface area contributed by atoms with Crippen molar-refractivity contribution < 1.29 is 9.26 Å². The van der Waals surface area contributed by atoms with E-state index in [-0.39, 0.29) is 0 Å². The summed E-state index contributed by atoms with van der Waals surface area (Å²) in [5.74, 6) is 1.88. The second-order valence-electron chi connectivity index (χ2n) is 6.24. The van der Waals surface area contributed by atoms with Crippen molar-refractivity contribution in [3.63, 3.8) is 0 Å². The summed E-state index contributed by atoms with van der Waals surface area (Å²) in [5.41, 5.74) is 0.986. The van der Waals surface area contributed by atoms with Gasteiger partial charge in [0.05, 0.1) is 12.3 Å². The standard InChI is InChI=1S/C19H27N5O2/c1-20-19(21-9-5-14-25-18-6-3-2-4-7-18)24-12-10-23(11-13-24)16-17-8-15-26-22-17/h2-4,6-8,15H,5,9-14,16H2,1H3,(H,20,21). The normalized spacial score (nSPS) is 15.9. The summed E-state index contributed by atoms with van der Waals surface area (Å²) in [7, 11) is 1.84. The first-order chi connectivity index (χ1) is 12.8. The number of benzene rings is 1. The Hall–Kier alpha value is -2.54. The molecule has 2 heterocycles. The largest absolute Gasteiger partial charge is 0.494 e. The van der Waals surface area contributed by atoms with Crippen molar-refractivity contribution in [3.05, 3.63) is 48.4 Å². The number of guanidine groups is 1. The minimum Gasteiger partial charge on any atom is -0.494 e. The van der Waals surface area contributed by atoms with Gasteiger partial charge in [-0.15, -0.1) is 0 Å². The van der Waals surface area contributed by atoms with Crippen molar-refractivity contribution in [3.8, 4) is 5.75 Å². The molecule has 3 rings (SSSR count). The van der Waals surface area contributed by atoms with E-state index in [0.717, 1.165) is 63.1 Å². The van der Waals surface area contributed by atoms with Crippen molar-refractivity contribution in [2.75, 3.05) is 46.4 Å². The van der Waals surface area contributed by atoms with Crippen LogP contribution in [0.15, 0.2) is 52.2 Å². The highest BCUT2D eigenvalue weighted by molar-refractivity contribution is 5.79. The van der Waals surface area contributed by atoms with Gasteiger partial charge in [-0.25, -0.2) is 0 Å². The fraction of sp³-hybridized carbons (Fsp3) is 0.474. The molecule has 0 saturated carbocycles. The lowest BCUT2D eigenvalue weighted by Crippen LogP contribution is -2.52. The van der Waals surface area contributed by atoms with Crippen LogP contribution in [0, 0.1) is 0 Å². The van der Waals surface area contributed by atoms with Gasteiger partial charge < -0.3 is 19.5 Å². The number of ether oxygens (including phenoxy) is 1. The van der Waals surface area contributed by atoms with Crippen LogP contribution in [0.1, 0.15) is 12.1 Å². The number of rotatable bonds is 7. The molecule has 0 unspecified atom stereocenters. The first kappa shape index (κ1) is 18.3. The molecule has 0 atom stereocenters. The average molecular weight is 357 g/mol. The highest BCUT2D eigenvalue weighted by Crippen LogP contribution is 2.09. The molecule has 0 spiro atoms. The second kappa shape index (κ2) is 9.82. The monoisotopic (exact) mass is 357 g/mol. The summed E-state index contributed by atoms with van der Waals surface area (Å²) < 4.78 is 10.6. The van der Waals surface area contributed by atoms with E-state index in [1.54, 1.807) is 6.26 Å². The second-order valence-corrected chi connectivity index (χ2v) is 6.24. The minimum atomic E-state index is 0.694. The number of aromatic nitrogens is 1. The van der Waals surface area contributed by atoms with Crippen molar-refractivity contribution in [1.82, 2.24) is 20.3 Å². The van der Waals surface area contributed by atoms with Gasteiger partial charge in [-0.3, -0.25) is 9.89 Å². The maximum Gasteiger partial charge on any atom is 0.193 e. The molecule has 1 fully saturated rings. The number of aliphatic imine (C=N–C) groups is 1. The van der Waals surface area contributed by atoms with E-state index in [0.29, 0.717) is 6.61 Å². The van der Waals surface area contributed by atoms with Gasteiger partial charge in [-0.1, -0.05) is 23.4 Å². The van der Waals surface area contributed by atoms with Crippen LogP contribution in [0.2, 0.25) is 0 Å². The highest BCUT2D eigenvalue weighted by Gasteiger charge is 2.20. The van der Waals surface area contributed by atoms with Gasteiger partial charge in [0.2, 0.25) is 0 Å². The fourth-order valence-electron chi connectivity index (χ4n) is 2.98. The molecular formula is C19H27N5O2. The van der Waals surface area contributed by atoms with Gasteiger partial charge in [0, 0.05) is 52.4 Å². The van der Waals surface area contributed by atoms with Crippen LogP contribution in [0.25, 0.3) is 0 Å². The molecule has 2 aromatic rings. The molecule has 0 bridgehead atoms. The third kappa shape index (κ3) is 5.49. The van der Waals surface area contributed by atoms with Gasteiger partial charge in [0.25, 0.3) is 0 Å². The van der Waals surface area contributed by atoms with Crippen LogP contribution in [0.4, 0.5) is 0 Å². The molecule has 0 amide bonds. The number of hydrogen-bond acceptors (Lipinski definition) is 5. The van der Waals surface area contributed by atoms with Gasteiger partial charge >= 0.3 is 0 Å². The summed E-state index contributed by atoms with van der Waals surface area (Å²) >= 11 is 0. The van der Waals surface area contributed by atoms with Crippen molar-refractivity contribution in [2.45, 2.75) is 13.0 Å². The molecule has 1 aromatic heterocycles. The zero-order valence-corrected chi connectivity index (χ0v) is 15.3. The summed E-state index contributed by atoms with van der Waals surface area (Å²) in [5, 5.41) is 7.42. The van der Waals surface area contributed by atoms with Gasteiger partial charge in [0.15, 0.2) is 5.96 Å². The van der Waals surface area contributed by atoms with E-state index in [1.807, 2.05) is 43.4 Å². The number of nitrogens with one attached hydrogen (secondary N) is 1. The quantitative estimate of drug-likeness (QED) is 0.463. The van der Waals surface area contributed by atoms with Crippen molar-refractivity contribution >= 4 is 5.96 Å². The predicted octanol–water partition coefficient (Wildman–Crippen LogP) is 1.84. The van der Waals surface area contributed by atoms with E-state index >= 15 is 0 Å². The Labute approximate surface area is 154 Å². The minimum absolute atomic E-state index is 0.694. The predicted molar refractivity (Wildman–Crippen MR) is 101 cm³/mol. The lowest BCUT2D eigenvalue weighted by Gasteiger charge is -2.36. The van der Waals surface area contributed by atoms with E-state index in [4.69, 9.17) is 9.26 Å². The third-order valence-electron chi connectivity index (χ3n) is 4.38. The molecule has 0 radical (unpaired) electrons. The molecule has 7 heteroatoms.